The third-order valence-electron chi connectivity index (χ3n) is 2.87. The molecule has 1 aliphatic heterocycles. The first-order chi connectivity index (χ1) is 7.63. The first-order valence-corrected chi connectivity index (χ1v) is 6.89. The molecule has 1 aromatic rings. The Morgan fingerprint density at radius 1 is 1.28 bits per heavy atom. The maximum atomic E-state index is 11.8. The van der Waals surface area contributed by atoms with Crippen molar-refractivity contribution in [1.29, 1.82) is 0 Å². The number of aliphatic hydroxyl groups excluding tert-OH is 1. The minimum atomic E-state index is -3.17. The van der Waals surface area contributed by atoms with Gasteiger partial charge < -0.3 is 5.11 Å². The van der Waals surface area contributed by atoms with Crippen molar-refractivity contribution in [3.8, 4) is 0 Å². The van der Waals surface area contributed by atoms with Crippen molar-refractivity contribution in [2.45, 2.75) is 19.0 Å². The molecule has 0 aromatic heterocycles. The van der Waals surface area contributed by atoms with Gasteiger partial charge in [-0.05, 0) is 12.0 Å². The molecule has 96 valence electrons. The van der Waals surface area contributed by atoms with E-state index in [0.717, 1.165) is 5.56 Å². The second-order valence-electron chi connectivity index (χ2n) is 3.97. The van der Waals surface area contributed by atoms with Gasteiger partial charge in [-0.3, -0.25) is 0 Å². The Morgan fingerprint density at radius 2 is 1.89 bits per heavy atom. The van der Waals surface area contributed by atoms with Crippen LogP contribution in [0, 0.1) is 0 Å². The fraction of sp³-hybridized carbons (Fsp3) is 0.455. The molecule has 1 fully saturated rings. The fourth-order valence-electron chi connectivity index (χ4n) is 1.95. The topological polar surface area (TPSA) is 57.6 Å². The molecule has 0 spiro atoms. The van der Waals surface area contributed by atoms with Crippen LogP contribution in [0.5, 0.6) is 0 Å². The smallest absolute Gasteiger partial charge is 0.395 e. The summed E-state index contributed by atoms with van der Waals surface area (Å²) in [7, 11) is -3.17. The second-order valence-corrected chi connectivity index (χ2v) is 6.01. The normalized spacial score (nSPS) is 21.9. The van der Waals surface area contributed by atoms with Gasteiger partial charge in [0.2, 0.25) is 10.0 Å². The van der Waals surface area contributed by atoms with E-state index < -0.39 is 10.0 Å². The first kappa shape index (κ1) is 18.2. The molecule has 18 heavy (non-hydrogen) atoms. The SMILES string of the molecule is O=S1(=O)CCC(CO)N1Cc1ccccc1.[BH4-].[Na+]. The molecule has 0 aliphatic carbocycles. The van der Waals surface area contributed by atoms with Crippen LogP contribution >= 0.6 is 0 Å². The van der Waals surface area contributed by atoms with Crippen molar-refractivity contribution < 1.29 is 43.1 Å². The molecule has 0 radical (unpaired) electrons. The van der Waals surface area contributed by atoms with Gasteiger partial charge in [-0.2, -0.15) is 4.31 Å². The first-order valence-electron chi connectivity index (χ1n) is 5.28. The van der Waals surface area contributed by atoms with E-state index in [2.05, 4.69) is 0 Å². The summed E-state index contributed by atoms with van der Waals surface area (Å²) in [5.41, 5.74) is 0.950. The monoisotopic (exact) mass is 279 g/mol. The summed E-state index contributed by atoms with van der Waals surface area (Å²) in [6.07, 6.45) is 0.520. The van der Waals surface area contributed by atoms with Gasteiger partial charge in [0.05, 0.1) is 12.4 Å². The molecule has 1 aliphatic rings. The summed E-state index contributed by atoms with van der Waals surface area (Å²) in [5.74, 6) is 0.144. The van der Waals surface area contributed by atoms with Crippen LogP contribution in [0.2, 0.25) is 0 Å². The van der Waals surface area contributed by atoms with Crippen LogP contribution in [0.1, 0.15) is 12.0 Å². The Bertz CT molecular complexity index is 455. The van der Waals surface area contributed by atoms with Crippen LogP contribution in [0.4, 0.5) is 0 Å². The molecule has 1 heterocycles. The van der Waals surface area contributed by atoms with Gasteiger partial charge in [0, 0.05) is 12.6 Å². The quantitative estimate of drug-likeness (QED) is 0.576. The summed E-state index contributed by atoms with van der Waals surface area (Å²) >= 11 is 0. The average molecular weight is 279 g/mol. The molecule has 1 N–H and O–H groups in total. The number of aliphatic hydroxyl groups is 1. The largest absolute Gasteiger partial charge is 1.00 e. The Morgan fingerprint density at radius 3 is 2.44 bits per heavy atom. The molecule has 0 bridgehead atoms. The van der Waals surface area contributed by atoms with Crippen LogP contribution in [0.3, 0.4) is 0 Å². The Hall–Kier alpha value is 0.155. The molecular weight excluding hydrogens is 260 g/mol. The van der Waals surface area contributed by atoms with Gasteiger partial charge in [0.15, 0.2) is 0 Å². The predicted octanol–water partition coefficient (Wildman–Crippen LogP) is -3.86. The van der Waals surface area contributed by atoms with Gasteiger partial charge >= 0.3 is 29.6 Å². The maximum absolute atomic E-state index is 11.8. The standard InChI is InChI=1S/C11H15NO3S.BH4.Na/c13-9-11-6-7-16(14,15)12(11)8-10-4-2-1-3-5-10;;/h1-5,11,13H,6-9H2;1H4;/q;-1;+1. The number of nitrogens with zero attached hydrogens (tertiary/aromatic N) is 1. The number of benzene rings is 1. The van der Waals surface area contributed by atoms with Crippen molar-refractivity contribution in [1.82, 2.24) is 4.31 Å². The van der Waals surface area contributed by atoms with Crippen LogP contribution < -0.4 is 29.6 Å². The second kappa shape index (κ2) is 7.67. The molecule has 1 aromatic carbocycles. The minimum Gasteiger partial charge on any atom is -0.395 e. The third-order valence-corrected chi connectivity index (χ3v) is 4.76. The summed E-state index contributed by atoms with van der Waals surface area (Å²) in [6.45, 7) is 0.250. The van der Waals surface area contributed by atoms with Crippen LogP contribution in [0.15, 0.2) is 30.3 Å². The van der Waals surface area contributed by atoms with E-state index in [1.54, 1.807) is 0 Å². The molecule has 0 amide bonds. The van der Waals surface area contributed by atoms with E-state index in [4.69, 9.17) is 5.11 Å². The van der Waals surface area contributed by atoms with Crippen molar-refractivity contribution in [2.75, 3.05) is 12.4 Å². The van der Waals surface area contributed by atoms with Gasteiger partial charge in [0.1, 0.15) is 0 Å². The van der Waals surface area contributed by atoms with Gasteiger partial charge in [0.25, 0.3) is 0 Å². The third kappa shape index (κ3) is 4.08. The van der Waals surface area contributed by atoms with Crippen molar-refractivity contribution >= 4 is 18.4 Å². The average Bonchev–Trinajstić information content (AvgIpc) is 2.56. The van der Waals surface area contributed by atoms with E-state index >= 15 is 0 Å². The van der Waals surface area contributed by atoms with Gasteiger partial charge in [-0.15, -0.1) is 0 Å². The van der Waals surface area contributed by atoms with Crippen molar-refractivity contribution in [3.05, 3.63) is 35.9 Å². The molecule has 7 heteroatoms. The molecule has 1 saturated heterocycles. The summed E-state index contributed by atoms with van der Waals surface area (Å²) in [5, 5.41) is 9.14. The van der Waals surface area contributed by atoms with Crippen LogP contribution in [-0.2, 0) is 16.6 Å². The number of rotatable bonds is 3. The molecule has 0 saturated carbocycles. The Balaban J connectivity index is 0.00000144. The zero-order chi connectivity index (χ0) is 11.6. The summed E-state index contributed by atoms with van der Waals surface area (Å²) in [6, 6.07) is 9.18. The van der Waals surface area contributed by atoms with Crippen molar-refractivity contribution in [2.24, 2.45) is 0 Å². The fourth-order valence-corrected chi connectivity index (χ4v) is 3.72. The van der Waals surface area contributed by atoms with Crippen molar-refractivity contribution in [3.63, 3.8) is 0 Å². The predicted molar refractivity (Wildman–Crippen MR) is 72.6 cm³/mol. The molecule has 4 nitrogen and oxygen atoms in total. The van der Waals surface area contributed by atoms with Gasteiger partial charge in [-0.1, -0.05) is 38.7 Å². The van der Waals surface area contributed by atoms with E-state index in [9.17, 15) is 8.42 Å². The number of sulfonamides is 1. The summed E-state index contributed by atoms with van der Waals surface area (Å²) < 4.78 is 24.9. The Kier molecular flexibility index (Phi) is 7.74. The van der Waals surface area contributed by atoms with E-state index in [1.807, 2.05) is 30.3 Å². The molecular formula is C11H19BNNaO3S. The summed E-state index contributed by atoms with van der Waals surface area (Å²) in [4.78, 5) is 0. The van der Waals surface area contributed by atoms with E-state index in [0.29, 0.717) is 13.0 Å². The molecule has 1 atom stereocenters. The van der Waals surface area contributed by atoms with E-state index in [1.165, 1.54) is 4.31 Å². The molecule has 1 unspecified atom stereocenters. The Labute approximate surface area is 132 Å². The number of hydrogen-bond donors (Lipinski definition) is 1. The minimum absolute atomic E-state index is 0. The number of hydrogen-bond acceptors (Lipinski definition) is 3. The maximum Gasteiger partial charge on any atom is 1.00 e. The van der Waals surface area contributed by atoms with E-state index in [-0.39, 0.29) is 56.4 Å². The molecule has 2 rings (SSSR count). The van der Waals surface area contributed by atoms with Gasteiger partial charge in [-0.25, -0.2) is 8.42 Å². The van der Waals surface area contributed by atoms with Crippen LogP contribution in [0.25, 0.3) is 0 Å². The zero-order valence-corrected chi connectivity index (χ0v) is 12.7. The zero-order valence-electron chi connectivity index (χ0n) is 9.91. The van der Waals surface area contributed by atoms with Crippen LogP contribution in [-0.4, -0.2) is 44.6 Å².